The highest BCUT2D eigenvalue weighted by atomic mass is 32.1. The number of benzene rings is 2. The van der Waals surface area contributed by atoms with Gasteiger partial charge < -0.3 is 16.8 Å². The van der Waals surface area contributed by atoms with E-state index in [4.69, 9.17) is 11.5 Å². The lowest BCUT2D eigenvalue weighted by atomic mass is 10.2. The summed E-state index contributed by atoms with van der Waals surface area (Å²) in [6.07, 6.45) is 0. The fraction of sp³-hybridized carbons (Fsp3) is 0.190. The predicted molar refractivity (Wildman–Crippen MR) is 116 cm³/mol. The maximum absolute atomic E-state index is 12.4. The Labute approximate surface area is 159 Å². The number of amides is 1. The van der Waals surface area contributed by atoms with Gasteiger partial charge in [0.1, 0.15) is 4.88 Å². The molecule has 0 bridgehead atoms. The summed E-state index contributed by atoms with van der Waals surface area (Å²) < 4.78 is 0. The first-order valence-corrected chi connectivity index (χ1v) is 9.57. The Morgan fingerprint density at radius 2 is 1.46 bits per heavy atom. The smallest absolute Gasteiger partial charge is 0.267 e. The van der Waals surface area contributed by atoms with Crippen LogP contribution in [-0.4, -0.2) is 5.91 Å². The third kappa shape index (κ3) is 5.63. The predicted octanol–water partition coefficient (Wildman–Crippen LogP) is 5.88. The molecule has 0 radical (unpaired) electrons. The lowest BCUT2D eigenvalue weighted by Crippen LogP contribution is -2.11. The molecular formula is C21H27N3OS. The van der Waals surface area contributed by atoms with Crippen LogP contribution in [0.2, 0.25) is 0 Å². The van der Waals surface area contributed by atoms with E-state index in [2.05, 4.69) is 5.32 Å². The SMILES string of the molecule is CC.CC.Nc1ccc(NC(=O)c2sc(-c3ccccc3)cc2N)cc1. The molecule has 0 saturated heterocycles. The van der Waals surface area contributed by atoms with E-state index >= 15 is 0 Å². The minimum absolute atomic E-state index is 0.213. The monoisotopic (exact) mass is 369 g/mol. The number of nitrogens with two attached hydrogens (primary N) is 2. The summed E-state index contributed by atoms with van der Waals surface area (Å²) >= 11 is 1.38. The Bertz CT molecular complexity index is 796. The third-order valence-electron chi connectivity index (χ3n) is 3.19. The number of rotatable bonds is 3. The van der Waals surface area contributed by atoms with E-state index in [9.17, 15) is 4.79 Å². The Kier molecular flexibility index (Phi) is 8.95. The van der Waals surface area contributed by atoms with Crippen LogP contribution in [0, 0.1) is 0 Å². The second kappa shape index (κ2) is 10.9. The van der Waals surface area contributed by atoms with Crippen molar-refractivity contribution in [2.45, 2.75) is 27.7 Å². The van der Waals surface area contributed by atoms with Gasteiger partial charge in [-0.05, 0) is 35.9 Å². The number of nitrogen functional groups attached to an aromatic ring is 2. The van der Waals surface area contributed by atoms with Crippen LogP contribution in [0.1, 0.15) is 37.4 Å². The van der Waals surface area contributed by atoms with E-state index in [1.54, 1.807) is 24.3 Å². The van der Waals surface area contributed by atoms with Crippen LogP contribution in [0.15, 0.2) is 60.7 Å². The van der Waals surface area contributed by atoms with Gasteiger partial charge >= 0.3 is 0 Å². The van der Waals surface area contributed by atoms with E-state index in [1.807, 2.05) is 64.1 Å². The maximum atomic E-state index is 12.4. The molecule has 0 atom stereocenters. The summed E-state index contributed by atoms with van der Waals surface area (Å²) in [4.78, 5) is 13.8. The van der Waals surface area contributed by atoms with Crippen molar-refractivity contribution >= 4 is 34.3 Å². The first-order chi connectivity index (χ1) is 12.6. The average molecular weight is 370 g/mol. The van der Waals surface area contributed by atoms with Crippen molar-refractivity contribution in [1.82, 2.24) is 0 Å². The van der Waals surface area contributed by atoms with Gasteiger partial charge in [-0.2, -0.15) is 0 Å². The molecule has 0 saturated carbocycles. The maximum Gasteiger partial charge on any atom is 0.267 e. The molecule has 26 heavy (non-hydrogen) atoms. The molecule has 1 amide bonds. The molecule has 138 valence electrons. The highest BCUT2D eigenvalue weighted by molar-refractivity contribution is 7.18. The van der Waals surface area contributed by atoms with Crippen LogP contribution < -0.4 is 16.8 Å². The van der Waals surface area contributed by atoms with Crippen LogP contribution in [0.4, 0.5) is 17.1 Å². The average Bonchev–Trinajstić information content (AvgIpc) is 3.09. The summed E-state index contributed by atoms with van der Waals surface area (Å²) in [6, 6.07) is 18.7. The summed E-state index contributed by atoms with van der Waals surface area (Å²) in [5.41, 5.74) is 14.5. The number of hydrogen-bond donors (Lipinski definition) is 3. The number of nitrogens with one attached hydrogen (secondary N) is 1. The van der Waals surface area contributed by atoms with E-state index in [1.165, 1.54) is 11.3 Å². The quantitative estimate of drug-likeness (QED) is 0.504. The van der Waals surface area contributed by atoms with Gasteiger partial charge in [0.15, 0.2) is 0 Å². The highest BCUT2D eigenvalue weighted by Crippen LogP contribution is 2.33. The van der Waals surface area contributed by atoms with Crippen LogP contribution in [-0.2, 0) is 0 Å². The molecule has 4 nitrogen and oxygen atoms in total. The minimum Gasteiger partial charge on any atom is -0.399 e. The number of carbonyl (C=O) groups is 1. The van der Waals surface area contributed by atoms with Gasteiger partial charge in [0.2, 0.25) is 0 Å². The van der Waals surface area contributed by atoms with Crippen molar-refractivity contribution in [2.24, 2.45) is 0 Å². The van der Waals surface area contributed by atoms with Gasteiger partial charge in [-0.25, -0.2) is 0 Å². The van der Waals surface area contributed by atoms with Crippen LogP contribution >= 0.6 is 11.3 Å². The molecule has 2 aromatic carbocycles. The number of anilines is 3. The van der Waals surface area contributed by atoms with Crippen LogP contribution in [0.3, 0.4) is 0 Å². The van der Waals surface area contributed by atoms with E-state index in [0.29, 0.717) is 21.9 Å². The van der Waals surface area contributed by atoms with Crippen LogP contribution in [0.5, 0.6) is 0 Å². The zero-order valence-corrected chi connectivity index (χ0v) is 16.6. The third-order valence-corrected chi connectivity index (χ3v) is 4.39. The van der Waals surface area contributed by atoms with Crippen molar-refractivity contribution in [2.75, 3.05) is 16.8 Å². The Hall–Kier alpha value is -2.79. The van der Waals surface area contributed by atoms with Crippen molar-refractivity contribution in [3.05, 3.63) is 65.5 Å². The Morgan fingerprint density at radius 1 is 0.885 bits per heavy atom. The fourth-order valence-electron chi connectivity index (χ4n) is 2.08. The lowest BCUT2D eigenvalue weighted by Gasteiger charge is -2.04. The highest BCUT2D eigenvalue weighted by Gasteiger charge is 2.15. The zero-order valence-electron chi connectivity index (χ0n) is 15.7. The molecule has 3 rings (SSSR count). The number of carbonyl (C=O) groups excluding carboxylic acids is 1. The molecule has 5 heteroatoms. The second-order valence-corrected chi connectivity index (χ2v) is 5.89. The van der Waals surface area contributed by atoms with E-state index in [0.717, 1.165) is 10.4 Å². The summed E-state index contributed by atoms with van der Waals surface area (Å²) in [5.74, 6) is -0.213. The standard InChI is InChI=1S/C17H15N3OS.2C2H6/c18-12-6-8-13(9-7-12)20-17(21)16-14(19)10-15(22-16)11-4-2-1-3-5-11;2*1-2/h1-10H,18-19H2,(H,20,21);2*1-2H3. The molecular weight excluding hydrogens is 342 g/mol. The summed E-state index contributed by atoms with van der Waals surface area (Å²) in [7, 11) is 0. The molecule has 0 spiro atoms. The van der Waals surface area contributed by atoms with Crippen molar-refractivity contribution in [3.63, 3.8) is 0 Å². The number of thiophene rings is 1. The van der Waals surface area contributed by atoms with E-state index < -0.39 is 0 Å². The Balaban J connectivity index is 0.000000791. The molecule has 0 aliphatic heterocycles. The first kappa shape index (κ1) is 21.3. The zero-order chi connectivity index (χ0) is 19.5. The summed E-state index contributed by atoms with van der Waals surface area (Å²) in [5, 5.41) is 2.83. The molecule has 5 N–H and O–H groups in total. The van der Waals surface area contributed by atoms with Gasteiger partial charge in [0.25, 0.3) is 5.91 Å². The van der Waals surface area contributed by atoms with E-state index in [-0.39, 0.29) is 5.91 Å². The molecule has 0 aliphatic rings. The van der Waals surface area contributed by atoms with Gasteiger partial charge in [0.05, 0.1) is 5.69 Å². The van der Waals surface area contributed by atoms with Crippen molar-refractivity contribution in [1.29, 1.82) is 0 Å². The van der Waals surface area contributed by atoms with Gasteiger partial charge in [-0.1, -0.05) is 58.0 Å². The normalized spacial score (nSPS) is 9.23. The molecule has 1 aromatic heterocycles. The number of hydrogen-bond acceptors (Lipinski definition) is 4. The first-order valence-electron chi connectivity index (χ1n) is 8.75. The second-order valence-electron chi connectivity index (χ2n) is 4.84. The summed E-state index contributed by atoms with van der Waals surface area (Å²) in [6.45, 7) is 8.00. The van der Waals surface area contributed by atoms with Crippen molar-refractivity contribution < 1.29 is 4.79 Å². The van der Waals surface area contributed by atoms with Gasteiger partial charge in [-0.3, -0.25) is 4.79 Å². The van der Waals surface area contributed by atoms with Crippen LogP contribution in [0.25, 0.3) is 10.4 Å². The molecule has 0 unspecified atom stereocenters. The van der Waals surface area contributed by atoms with Gasteiger partial charge in [-0.15, -0.1) is 11.3 Å². The van der Waals surface area contributed by atoms with Crippen molar-refractivity contribution in [3.8, 4) is 10.4 Å². The Morgan fingerprint density at radius 3 is 2.04 bits per heavy atom. The molecule has 3 aromatic rings. The largest absolute Gasteiger partial charge is 0.399 e. The molecule has 1 heterocycles. The molecule has 0 fully saturated rings. The fourth-order valence-corrected chi connectivity index (χ4v) is 3.06. The van der Waals surface area contributed by atoms with Gasteiger partial charge in [0, 0.05) is 16.3 Å². The lowest BCUT2D eigenvalue weighted by molar-refractivity contribution is 0.103. The topological polar surface area (TPSA) is 81.1 Å². The molecule has 0 aliphatic carbocycles. The minimum atomic E-state index is -0.213.